The molecule has 0 aliphatic carbocycles. The Morgan fingerprint density at radius 1 is 1.33 bits per heavy atom. The molecule has 1 rings (SSSR count). The summed E-state index contributed by atoms with van der Waals surface area (Å²) in [6.45, 7) is 0. The molecule has 0 atom stereocenters. The summed E-state index contributed by atoms with van der Waals surface area (Å²) in [5, 5.41) is 0. The molecule has 0 saturated carbocycles. The fourth-order valence-corrected chi connectivity index (χ4v) is 2.18. The van der Waals surface area contributed by atoms with Gasteiger partial charge in [-0.05, 0) is 22.0 Å². The Bertz CT molecular complexity index is 316. The van der Waals surface area contributed by atoms with Gasteiger partial charge in [0.15, 0.2) is 0 Å². The van der Waals surface area contributed by atoms with Crippen LogP contribution in [-0.2, 0) is 0 Å². The SMILES string of the molecule is NC(=O)c1cc(Br)sc1C(N)=O. The van der Waals surface area contributed by atoms with Gasteiger partial charge >= 0.3 is 0 Å². The molecule has 6 heteroatoms. The maximum Gasteiger partial charge on any atom is 0.259 e. The normalized spacial score (nSPS) is 9.75. The summed E-state index contributed by atoms with van der Waals surface area (Å²) in [6, 6.07) is 1.48. The molecule has 0 fully saturated rings. The lowest BCUT2D eigenvalue weighted by Gasteiger charge is -1.91. The Morgan fingerprint density at radius 2 is 1.92 bits per heavy atom. The number of hydrogen-bond donors (Lipinski definition) is 2. The zero-order chi connectivity index (χ0) is 9.30. The number of nitrogens with two attached hydrogens (primary N) is 2. The lowest BCUT2D eigenvalue weighted by atomic mass is 10.2. The average Bonchev–Trinajstić information content (AvgIpc) is 2.31. The molecule has 0 aliphatic heterocycles. The summed E-state index contributed by atoms with van der Waals surface area (Å²) in [7, 11) is 0. The zero-order valence-electron chi connectivity index (χ0n) is 5.83. The van der Waals surface area contributed by atoms with Gasteiger partial charge in [0.05, 0.1) is 9.35 Å². The molecule has 0 saturated heterocycles. The van der Waals surface area contributed by atoms with Crippen molar-refractivity contribution in [3.63, 3.8) is 0 Å². The van der Waals surface area contributed by atoms with E-state index in [9.17, 15) is 9.59 Å². The lowest BCUT2D eigenvalue weighted by Crippen LogP contribution is -2.17. The van der Waals surface area contributed by atoms with Crippen LogP contribution in [0.3, 0.4) is 0 Å². The van der Waals surface area contributed by atoms with Crippen LogP contribution in [0.1, 0.15) is 20.0 Å². The number of thiophene rings is 1. The highest BCUT2D eigenvalue weighted by atomic mass is 79.9. The predicted molar refractivity (Wildman–Crippen MR) is 49.1 cm³/mol. The maximum absolute atomic E-state index is 10.7. The Morgan fingerprint density at radius 3 is 2.25 bits per heavy atom. The third kappa shape index (κ3) is 1.64. The van der Waals surface area contributed by atoms with Gasteiger partial charge in [-0.3, -0.25) is 9.59 Å². The monoisotopic (exact) mass is 248 g/mol. The van der Waals surface area contributed by atoms with E-state index in [1.54, 1.807) is 0 Å². The number of primary amides is 2. The van der Waals surface area contributed by atoms with Crippen LogP contribution in [0.5, 0.6) is 0 Å². The van der Waals surface area contributed by atoms with Crippen LogP contribution in [0.4, 0.5) is 0 Å². The summed E-state index contributed by atoms with van der Waals surface area (Å²) in [4.78, 5) is 21.7. The average molecular weight is 249 g/mol. The van der Waals surface area contributed by atoms with E-state index in [0.29, 0.717) is 3.79 Å². The molecule has 4 N–H and O–H groups in total. The van der Waals surface area contributed by atoms with E-state index in [2.05, 4.69) is 15.9 Å². The molecule has 12 heavy (non-hydrogen) atoms. The van der Waals surface area contributed by atoms with Gasteiger partial charge in [-0.2, -0.15) is 0 Å². The van der Waals surface area contributed by atoms with Gasteiger partial charge in [0, 0.05) is 0 Å². The van der Waals surface area contributed by atoms with Gasteiger partial charge in [0.25, 0.3) is 5.91 Å². The number of hydrogen-bond acceptors (Lipinski definition) is 3. The fourth-order valence-electron chi connectivity index (χ4n) is 0.727. The molecule has 1 aromatic rings. The minimum absolute atomic E-state index is 0.166. The van der Waals surface area contributed by atoms with Crippen molar-refractivity contribution in [2.75, 3.05) is 0 Å². The van der Waals surface area contributed by atoms with Crippen molar-refractivity contribution in [3.8, 4) is 0 Å². The largest absolute Gasteiger partial charge is 0.366 e. The first-order chi connectivity index (χ1) is 5.52. The number of rotatable bonds is 2. The molecule has 0 aliphatic rings. The quantitative estimate of drug-likeness (QED) is 0.808. The van der Waals surface area contributed by atoms with Gasteiger partial charge < -0.3 is 11.5 Å². The minimum atomic E-state index is -0.647. The van der Waals surface area contributed by atoms with E-state index in [1.165, 1.54) is 6.07 Å². The van der Waals surface area contributed by atoms with Crippen molar-refractivity contribution in [1.82, 2.24) is 0 Å². The summed E-state index contributed by atoms with van der Waals surface area (Å²) in [5.74, 6) is -1.29. The summed E-state index contributed by atoms with van der Waals surface area (Å²) < 4.78 is 0.658. The number of carbonyl (C=O) groups excluding carboxylic acids is 2. The topological polar surface area (TPSA) is 86.2 Å². The third-order valence-electron chi connectivity index (χ3n) is 1.19. The molecule has 1 aromatic heterocycles. The van der Waals surface area contributed by atoms with E-state index in [0.717, 1.165) is 11.3 Å². The Labute approximate surface area is 80.7 Å². The summed E-state index contributed by atoms with van der Waals surface area (Å²) >= 11 is 4.21. The number of amides is 2. The van der Waals surface area contributed by atoms with E-state index >= 15 is 0 Å². The standard InChI is InChI=1S/C6H5BrN2O2S/c7-3-1-2(5(8)10)4(12-3)6(9)11/h1H,(H2,8,10)(H2,9,11). The van der Waals surface area contributed by atoms with Crippen molar-refractivity contribution in [1.29, 1.82) is 0 Å². The molecule has 0 spiro atoms. The fraction of sp³-hybridized carbons (Fsp3) is 0. The highest BCUT2D eigenvalue weighted by Gasteiger charge is 2.16. The first-order valence-electron chi connectivity index (χ1n) is 2.91. The zero-order valence-corrected chi connectivity index (χ0v) is 8.24. The molecule has 0 aromatic carbocycles. The van der Waals surface area contributed by atoms with Crippen LogP contribution >= 0.6 is 27.3 Å². The van der Waals surface area contributed by atoms with Crippen LogP contribution in [0.25, 0.3) is 0 Å². The molecule has 2 amide bonds. The van der Waals surface area contributed by atoms with Crippen LogP contribution in [0, 0.1) is 0 Å². The number of halogens is 1. The summed E-state index contributed by atoms with van der Waals surface area (Å²) in [6.07, 6.45) is 0. The van der Waals surface area contributed by atoms with Crippen LogP contribution < -0.4 is 11.5 Å². The molecule has 0 radical (unpaired) electrons. The van der Waals surface area contributed by atoms with Gasteiger partial charge in [-0.25, -0.2) is 0 Å². The predicted octanol–water partition coefficient (Wildman–Crippen LogP) is 0.708. The smallest absolute Gasteiger partial charge is 0.259 e. The van der Waals surface area contributed by atoms with Crippen LogP contribution in [-0.4, -0.2) is 11.8 Å². The van der Waals surface area contributed by atoms with Gasteiger partial charge in [0.1, 0.15) is 4.88 Å². The molecule has 64 valence electrons. The van der Waals surface area contributed by atoms with Gasteiger partial charge in [0.2, 0.25) is 5.91 Å². The second-order valence-corrected chi connectivity index (χ2v) is 4.45. The van der Waals surface area contributed by atoms with E-state index < -0.39 is 11.8 Å². The molecule has 1 heterocycles. The van der Waals surface area contributed by atoms with Gasteiger partial charge in [-0.15, -0.1) is 11.3 Å². The lowest BCUT2D eigenvalue weighted by molar-refractivity contribution is 0.0970. The van der Waals surface area contributed by atoms with E-state index in [1.807, 2.05) is 0 Å². The summed E-state index contributed by atoms with van der Waals surface area (Å²) in [5.41, 5.74) is 10.2. The van der Waals surface area contributed by atoms with Crippen molar-refractivity contribution in [3.05, 3.63) is 20.3 Å². The third-order valence-corrected chi connectivity index (χ3v) is 2.84. The Balaban J connectivity index is 3.26. The van der Waals surface area contributed by atoms with Crippen molar-refractivity contribution >= 4 is 39.1 Å². The van der Waals surface area contributed by atoms with Crippen molar-refractivity contribution in [2.24, 2.45) is 11.5 Å². The molecule has 4 nitrogen and oxygen atoms in total. The second kappa shape index (κ2) is 3.24. The highest BCUT2D eigenvalue weighted by molar-refractivity contribution is 9.11. The Hall–Kier alpha value is -0.880. The maximum atomic E-state index is 10.7. The molecular formula is C6H5BrN2O2S. The Kier molecular flexibility index (Phi) is 2.49. The van der Waals surface area contributed by atoms with Crippen molar-refractivity contribution < 1.29 is 9.59 Å². The second-order valence-electron chi connectivity index (χ2n) is 2.02. The van der Waals surface area contributed by atoms with E-state index in [-0.39, 0.29) is 10.4 Å². The minimum Gasteiger partial charge on any atom is -0.366 e. The van der Waals surface area contributed by atoms with Crippen molar-refractivity contribution in [2.45, 2.75) is 0 Å². The molecule has 0 unspecified atom stereocenters. The van der Waals surface area contributed by atoms with Crippen LogP contribution in [0.2, 0.25) is 0 Å². The van der Waals surface area contributed by atoms with E-state index in [4.69, 9.17) is 11.5 Å². The van der Waals surface area contributed by atoms with Gasteiger partial charge in [-0.1, -0.05) is 0 Å². The molecule has 0 bridgehead atoms. The first kappa shape index (κ1) is 9.21. The number of carbonyl (C=O) groups is 2. The molecular weight excluding hydrogens is 244 g/mol. The first-order valence-corrected chi connectivity index (χ1v) is 4.52. The van der Waals surface area contributed by atoms with Crippen LogP contribution in [0.15, 0.2) is 9.85 Å². The highest BCUT2D eigenvalue weighted by Crippen LogP contribution is 2.26.